The van der Waals surface area contributed by atoms with Gasteiger partial charge in [0.2, 0.25) is 5.91 Å². The number of carbonyl (C=O) groups excluding carboxylic acids is 2. The second-order valence-corrected chi connectivity index (χ2v) is 4.96. The van der Waals surface area contributed by atoms with Crippen molar-refractivity contribution in [3.8, 4) is 5.75 Å². The van der Waals surface area contributed by atoms with Crippen LogP contribution in [0, 0.1) is 0 Å². The van der Waals surface area contributed by atoms with E-state index < -0.39 is 0 Å². The molecule has 0 saturated carbocycles. The molecule has 1 heterocycles. The molecule has 0 bridgehead atoms. The topological polar surface area (TPSA) is 80.6 Å². The van der Waals surface area contributed by atoms with Gasteiger partial charge in [-0.15, -0.1) is 0 Å². The second-order valence-electron chi connectivity index (χ2n) is 4.96. The highest BCUT2D eigenvalue weighted by Gasteiger charge is 2.07. The molecule has 0 unspecified atom stereocenters. The molecule has 0 aliphatic rings. The van der Waals surface area contributed by atoms with Crippen molar-refractivity contribution < 1.29 is 18.7 Å². The average molecular weight is 316 g/mol. The zero-order valence-corrected chi connectivity index (χ0v) is 13.0. The standard InChI is InChI=1S/C17H20N2O4/c1-22-14-8-6-13(7-9-14)12-19-16(20)5-2-10-18-17(21)15-4-3-11-23-15/h3-4,6-9,11H,2,5,10,12H2,1H3,(H,18,21)(H,19,20). The summed E-state index contributed by atoms with van der Waals surface area (Å²) in [5.41, 5.74) is 1.00. The van der Waals surface area contributed by atoms with Crippen LogP contribution < -0.4 is 15.4 Å². The molecule has 1 aromatic heterocycles. The third-order valence-electron chi connectivity index (χ3n) is 3.26. The third-order valence-corrected chi connectivity index (χ3v) is 3.26. The van der Waals surface area contributed by atoms with Crippen LogP contribution in [0.4, 0.5) is 0 Å². The molecule has 0 saturated heterocycles. The molecule has 0 aliphatic heterocycles. The van der Waals surface area contributed by atoms with Gasteiger partial charge in [-0.05, 0) is 36.2 Å². The molecule has 0 aliphatic carbocycles. The van der Waals surface area contributed by atoms with Gasteiger partial charge in [-0.2, -0.15) is 0 Å². The van der Waals surface area contributed by atoms with E-state index in [9.17, 15) is 9.59 Å². The first-order valence-electron chi connectivity index (χ1n) is 7.40. The molecule has 6 nitrogen and oxygen atoms in total. The van der Waals surface area contributed by atoms with Crippen LogP contribution in [-0.2, 0) is 11.3 Å². The Kier molecular flexibility index (Phi) is 6.23. The van der Waals surface area contributed by atoms with E-state index >= 15 is 0 Å². The van der Waals surface area contributed by atoms with Crippen LogP contribution >= 0.6 is 0 Å². The van der Waals surface area contributed by atoms with E-state index in [0.717, 1.165) is 11.3 Å². The lowest BCUT2D eigenvalue weighted by Gasteiger charge is -2.07. The van der Waals surface area contributed by atoms with Gasteiger partial charge in [0.15, 0.2) is 5.76 Å². The number of nitrogens with one attached hydrogen (secondary N) is 2. The number of hydrogen-bond donors (Lipinski definition) is 2. The van der Waals surface area contributed by atoms with Crippen molar-refractivity contribution in [2.75, 3.05) is 13.7 Å². The van der Waals surface area contributed by atoms with Gasteiger partial charge >= 0.3 is 0 Å². The lowest BCUT2D eigenvalue weighted by atomic mass is 10.2. The Labute approximate surface area is 134 Å². The molecular formula is C17H20N2O4. The van der Waals surface area contributed by atoms with E-state index in [0.29, 0.717) is 25.9 Å². The number of amides is 2. The summed E-state index contributed by atoms with van der Waals surface area (Å²) in [6.07, 6.45) is 2.37. The Morgan fingerprint density at radius 1 is 1.13 bits per heavy atom. The third kappa shape index (κ3) is 5.50. The minimum atomic E-state index is -0.270. The van der Waals surface area contributed by atoms with Crippen LogP contribution in [0.5, 0.6) is 5.75 Å². The fourth-order valence-corrected chi connectivity index (χ4v) is 1.98. The summed E-state index contributed by atoms with van der Waals surface area (Å²) in [5, 5.41) is 5.54. The van der Waals surface area contributed by atoms with Crippen molar-refractivity contribution in [2.24, 2.45) is 0 Å². The summed E-state index contributed by atoms with van der Waals surface area (Å²) in [6.45, 7) is 0.900. The fraction of sp³-hybridized carbons (Fsp3) is 0.294. The number of furan rings is 1. The fourth-order valence-electron chi connectivity index (χ4n) is 1.98. The number of methoxy groups -OCH3 is 1. The van der Waals surface area contributed by atoms with Gasteiger partial charge in [-0.1, -0.05) is 12.1 Å². The molecule has 2 aromatic rings. The smallest absolute Gasteiger partial charge is 0.286 e. The maximum absolute atomic E-state index is 11.7. The largest absolute Gasteiger partial charge is 0.497 e. The van der Waals surface area contributed by atoms with Gasteiger partial charge in [0.05, 0.1) is 13.4 Å². The number of hydrogen-bond acceptors (Lipinski definition) is 4. The second kappa shape index (κ2) is 8.63. The average Bonchev–Trinajstić information content (AvgIpc) is 3.12. The highest BCUT2D eigenvalue weighted by atomic mass is 16.5. The zero-order chi connectivity index (χ0) is 16.5. The van der Waals surface area contributed by atoms with Gasteiger partial charge in [0, 0.05) is 19.5 Å². The number of benzene rings is 1. The minimum absolute atomic E-state index is 0.0481. The summed E-state index contributed by atoms with van der Waals surface area (Å²) in [7, 11) is 1.61. The molecule has 2 N–H and O–H groups in total. The molecule has 0 radical (unpaired) electrons. The molecule has 0 atom stereocenters. The Morgan fingerprint density at radius 2 is 1.91 bits per heavy atom. The van der Waals surface area contributed by atoms with Crippen molar-refractivity contribution in [3.05, 3.63) is 54.0 Å². The number of ether oxygens (including phenoxy) is 1. The maximum atomic E-state index is 11.7. The summed E-state index contributed by atoms with van der Waals surface area (Å²) in [6, 6.07) is 10.8. The lowest BCUT2D eigenvalue weighted by molar-refractivity contribution is -0.121. The Hall–Kier alpha value is -2.76. The molecule has 6 heteroatoms. The molecule has 1 aromatic carbocycles. The van der Waals surface area contributed by atoms with Gasteiger partial charge in [-0.3, -0.25) is 9.59 Å². The van der Waals surface area contributed by atoms with Crippen molar-refractivity contribution in [1.29, 1.82) is 0 Å². The van der Waals surface area contributed by atoms with E-state index in [1.165, 1.54) is 6.26 Å². The first kappa shape index (κ1) is 16.6. The summed E-state index contributed by atoms with van der Waals surface area (Å²) in [4.78, 5) is 23.3. The van der Waals surface area contributed by atoms with Gasteiger partial charge in [0.25, 0.3) is 5.91 Å². The Balaban J connectivity index is 1.60. The Bertz CT molecular complexity index is 621. The van der Waals surface area contributed by atoms with E-state index in [1.807, 2.05) is 24.3 Å². The van der Waals surface area contributed by atoms with E-state index in [-0.39, 0.29) is 17.6 Å². The zero-order valence-electron chi connectivity index (χ0n) is 13.0. The SMILES string of the molecule is COc1ccc(CNC(=O)CCCNC(=O)c2ccco2)cc1. The summed E-state index contributed by atoms with van der Waals surface area (Å²) in [5.74, 6) is 0.739. The van der Waals surface area contributed by atoms with Crippen LogP contribution in [0.25, 0.3) is 0 Å². The van der Waals surface area contributed by atoms with Gasteiger partial charge in [0.1, 0.15) is 5.75 Å². The molecule has 2 rings (SSSR count). The number of rotatable bonds is 8. The first-order valence-corrected chi connectivity index (χ1v) is 7.40. The molecule has 23 heavy (non-hydrogen) atoms. The van der Waals surface area contributed by atoms with E-state index in [2.05, 4.69) is 10.6 Å². The molecule has 0 spiro atoms. The van der Waals surface area contributed by atoms with Crippen molar-refractivity contribution >= 4 is 11.8 Å². The maximum Gasteiger partial charge on any atom is 0.286 e. The lowest BCUT2D eigenvalue weighted by Crippen LogP contribution is -2.27. The van der Waals surface area contributed by atoms with Crippen LogP contribution in [0.3, 0.4) is 0 Å². The first-order chi connectivity index (χ1) is 11.2. The summed E-state index contributed by atoms with van der Waals surface area (Å²) >= 11 is 0. The normalized spacial score (nSPS) is 10.1. The van der Waals surface area contributed by atoms with Crippen LogP contribution in [0.1, 0.15) is 29.0 Å². The van der Waals surface area contributed by atoms with Gasteiger partial charge in [-0.25, -0.2) is 0 Å². The van der Waals surface area contributed by atoms with Crippen molar-refractivity contribution in [1.82, 2.24) is 10.6 Å². The molecule has 2 amide bonds. The van der Waals surface area contributed by atoms with Crippen LogP contribution in [-0.4, -0.2) is 25.5 Å². The molecular weight excluding hydrogens is 296 g/mol. The minimum Gasteiger partial charge on any atom is -0.497 e. The predicted octanol–water partition coefficient (Wildman–Crippen LogP) is 2.11. The van der Waals surface area contributed by atoms with E-state index in [1.54, 1.807) is 19.2 Å². The Morgan fingerprint density at radius 3 is 2.57 bits per heavy atom. The van der Waals surface area contributed by atoms with Crippen molar-refractivity contribution in [3.63, 3.8) is 0 Å². The van der Waals surface area contributed by atoms with Gasteiger partial charge < -0.3 is 19.8 Å². The van der Waals surface area contributed by atoms with E-state index in [4.69, 9.17) is 9.15 Å². The predicted molar refractivity (Wildman–Crippen MR) is 85.1 cm³/mol. The quantitative estimate of drug-likeness (QED) is 0.731. The van der Waals surface area contributed by atoms with Crippen LogP contribution in [0.2, 0.25) is 0 Å². The molecule has 0 fully saturated rings. The van der Waals surface area contributed by atoms with Crippen LogP contribution in [0.15, 0.2) is 47.1 Å². The molecule has 122 valence electrons. The summed E-state index contributed by atoms with van der Waals surface area (Å²) < 4.78 is 10.1. The highest BCUT2D eigenvalue weighted by Crippen LogP contribution is 2.10. The monoisotopic (exact) mass is 316 g/mol. The highest BCUT2D eigenvalue weighted by molar-refractivity contribution is 5.91. The number of carbonyl (C=O) groups is 2. The van der Waals surface area contributed by atoms with Crippen molar-refractivity contribution in [2.45, 2.75) is 19.4 Å².